The van der Waals surface area contributed by atoms with E-state index in [0.29, 0.717) is 26.2 Å². The Kier molecular flexibility index (Phi) is 4.92. The summed E-state index contributed by atoms with van der Waals surface area (Å²) in [5, 5.41) is 11.1. The van der Waals surface area contributed by atoms with Gasteiger partial charge in [-0.15, -0.1) is 10.2 Å². The van der Waals surface area contributed by atoms with Crippen LogP contribution in [0, 0.1) is 6.92 Å². The average molecular weight is 339 g/mol. The summed E-state index contributed by atoms with van der Waals surface area (Å²) in [7, 11) is 0. The van der Waals surface area contributed by atoms with E-state index in [2.05, 4.69) is 20.4 Å². The molecule has 0 radical (unpaired) electrons. The number of carbonyl (C=O) groups excluding carboxylic acids is 2. The molecule has 1 aromatic carbocycles. The number of para-hydroxylation sites is 1. The van der Waals surface area contributed by atoms with E-state index in [0.717, 1.165) is 17.1 Å². The molecular weight excluding hydrogens is 318 g/mol. The number of benzene rings is 1. The van der Waals surface area contributed by atoms with Crippen LogP contribution in [0.2, 0.25) is 0 Å². The van der Waals surface area contributed by atoms with Crippen molar-refractivity contribution in [1.29, 1.82) is 0 Å². The van der Waals surface area contributed by atoms with Crippen LogP contribution in [0.15, 0.2) is 36.4 Å². The van der Waals surface area contributed by atoms with E-state index in [-0.39, 0.29) is 17.5 Å². The van der Waals surface area contributed by atoms with E-state index in [9.17, 15) is 9.59 Å². The molecular formula is C18H21N5O2. The van der Waals surface area contributed by atoms with Crippen LogP contribution in [0.1, 0.15) is 23.0 Å². The van der Waals surface area contributed by atoms with Crippen LogP contribution >= 0.6 is 0 Å². The fourth-order valence-corrected chi connectivity index (χ4v) is 2.76. The van der Waals surface area contributed by atoms with Crippen LogP contribution < -0.4 is 10.2 Å². The Bertz CT molecular complexity index is 767. The molecule has 25 heavy (non-hydrogen) atoms. The van der Waals surface area contributed by atoms with E-state index >= 15 is 0 Å². The smallest absolute Gasteiger partial charge is 0.276 e. The molecule has 3 rings (SSSR count). The van der Waals surface area contributed by atoms with Gasteiger partial charge in [0.2, 0.25) is 5.91 Å². The second-order valence-corrected chi connectivity index (χ2v) is 6.04. The van der Waals surface area contributed by atoms with Gasteiger partial charge in [-0.2, -0.15) is 0 Å². The van der Waals surface area contributed by atoms with Crippen molar-refractivity contribution in [2.24, 2.45) is 0 Å². The third kappa shape index (κ3) is 3.93. The van der Waals surface area contributed by atoms with Gasteiger partial charge in [0.15, 0.2) is 11.5 Å². The quantitative estimate of drug-likeness (QED) is 0.921. The molecule has 2 aromatic rings. The van der Waals surface area contributed by atoms with Gasteiger partial charge < -0.3 is 15.1 Å². The van der Waals surface area contributed by atoms with E-state index in [1.807, 2.05) is 36.1 Å². The summed E-state index contributed by atoms with van der Waals surface area (Å²) < 4.78 is 0. The Morgan fingerprint density at radius 3 is 2.32 bits per heavy atom. The lowest BCUT2D eigenvalue weighted by Gasteiger charge is -2.34. The van der Waals surface area contributed by atoms with Crippen molar-refractivity contribution in [3.05, 3.63) is 47.7 Å². The molecule has 0 unspecified atom stereocenters. The number of rotatable bonds is 3. The minimum atomic E-state index is -0.283. The minimum absolute atomic E-state index is 0.0916. The topological polar surface area (TPSA) is 78.4 Å². The molecule has 1 aliphatic heterocycles. The maximum Gasteiger partial charge on any atom is 0.276 e. The van der Waals surface area contributed by atoms with E-state index in [1.54, 1.807) is 19.1 Å². The van der Waals surface area contributed by atoms with Crippen molar-refractivity contribution in [2.45, 2.75) is 13.8 Å². The summed E-state index contributed by atoms with van der Waals surface area (Å²) in [6.07, 6.45) is 0. The Balaban J connectivity index is 1.63. The first-order valence-corrected chi connectivity index (χ1v) is 8.26. The van der Waals surface area contributed by atoms with Crippen LogP contribution in [0.5, 0.6) is 0 Å². The molecule has 7 heteroatoms. The Hall–Kier alpha value is -2.96. The predicted octanol–water partition coefficient (Wildman–Crippen LogP) is 1.71. The van der Waals surface area contributed by atoms with Crippen LogP contribution in [0.25, 0.3) is 0 Å². The van der Waals surface area contributed by atoms with Crippen LogP contribution in [-0.2, 0) is 4.79 Å². The molecule has 1 aliphatic rings. The summed E-state index contributed by atoms with van der Waals surface area (Å²) in [6.45, 7) is 6.29. The largest absolute Gasteiger partial charge is 0.352 e. The van der Waals surface area contributed by atoms with Gasteiger partial charge >= 0.3 is 0 Å². The highest BCUT2D eigenvalue weighted by molar-refractivity contribution is 6.03. The molecule has 0 saturated carbocycles. The van der Waals surface area contributed by atoms with Crippen LogP contribution in [0.3, 0.4) is 0 Å². The van der Waals surface area contributed by atoms with Gasteiger partial charge in [-0.1, -0.05) is 18.2 Å². The van der Waals surface area contributed by atoms with Gasteiger partial charge in [0, 0.05) is 38.8 Å². The first-order valence-electron chi connectivity index (χ1n) is 8.26. The summed E-state index contributed by atoms with van der Waals surface area (Å²) in [5.74, 6) is 0.527. The number of amides is 2. The molecule has 1 fully saturated rings. The average Bonchev–Trinajstić information content (AvgIpc) is 2.64. The van der Waals surface area contributed by atoms with E-state index in [1.165, 1.54) is 0 Å². The lowest BCUT2D eigenvalue weighted by atomic mass is 10.2. The van der Waals surface area contributed by atoms with Gasteiger partial charge in [-0.25, -0.2) is 0 Å². The fraction of sp³-hybridized carbons (Fsp3) is 0.333. The number of anilines is 2. The molecule has 1 aromatic heterocycles. The number of hydrogen-bond acceptors (Lipinski definition) is 5. The highest BCUT2D eigenvalue weighted by Crippen LogP contribution is 2.16. The molecule has 0 atom stereocenters. The third-order valence-electron chi connectivity index (χ3n) is 4.33. The zero-order valence-electron chi connectivity index (χ0n) is 14.4. The number of aryl methyl sites for hydroxylation is 1. The zero-order valence-corrected chi connectivity index (χ0v) is 14.4. The molecule has 0 spiro atoms. The number of piperazine rings is 1. The summed E-state index contributed by atoms with van der Waals surface area (Å²) in [5.41, 5.74) is 2.02. The normalized spacial score (nSPS) is 14.3. The molecule has 0 bridgehead atoms. The number of carbonyl (C=O) groups is 2. The highest BCUT2D eigenvalue weighted by Gasteiger charge is 2.20. The maximum atomic E-state index is 12.3. The molecule has 0 aliphatic carbocycles. The number of aromatic nitrogens is 2. The monoisotopic (exact) mass is 339 g/mol. The standard InChI is InChI=1S/C18H21N5O2/c1-13-5-3-4-6-15(13)19-18(25)16-7-8-17(21-20-16)23-11-9-22(10-12-23)14(2)24/h3-8H,9-12H2,1-2H3,(H,19,25). The lowest BCUT2D eigenvalue weighted by Crippen LogP contribution is -2.48. The van der Waals surface area contributed by atoms with Gasteiger partial charge in [0.1, 0.15) is 0 Å². The Labute approximate surface area is 146 Å². The van der Waals surface area contributed by atoms with Crippen molar-refractivity contribution < 1.29 is 9.59 Å². The summed E-state index contributed by atoms with van der Waals surface area (Å²) >= 11 is 0. The summed E-state index contributed by atoms with van der Waals surface area (Å²) in [6, 6.07) is 11.1. The van der Waals surface area contributed by atoms with E-state index < -0.39 is 0 Å². The van der Waals surface area contributed by atoms with Gasteiger partial charge in [-0.3, -0.25) is 9.59 Å². The van der Waals surface area contributed by atoms with Crippen molar-refractivity contribution in [1.82, 2.24) is 15.1 Å². The Morgan fingerprint density at radius 2 is 1.72 bits per heavy atom. The number of hydrogen-bond donors (Lipinski definition) is 1. The lowest BCUT2D eigenvalue weighted by molar-refractivity contribution is -0.129. The molecule has 7 nitrogen and oxygen atoms in total. The SMILES string of the molecule is CC(=O)N1CCN(c2ccc(C(=O)Nc3ccccc3C)nn2)CC1. The molecule has 2 amide bonds. The van der Waals surface area contributed by atoms with Crippen molar-refractivity contribution in [3.8, 4) is 0 Å². The number of nitrogens with one attached hydrogen (secondary N) is 1. The summed E-state index contributed by atoms with van der Waals surface area (Å²) in [4.78, 5) is 27.5. The van der Waals surface area contributed by atoms with Crippen molar-refractivity contribution in [3.63, 3.8) is 0 Å². The minimum Gasteiger partial charge on any atom is -0.352 e. The second-order valence-electron chi connectivity index (χ2n) is 6.04. The molecule has 130 valence electrons. The third-order valence-corrected chi connectivity index (χ3v) is 4.33. The van der Waals surface area contributed by atoms with Crippen LogP contribution in [0.4, 0.5) is 11.5 Å². The van der Waals surface area contributed by atoms with Gasteiger partial charge in [0.05, 0.1) is 0 Å². The second kappa shape index (κ2) is 7.29. The Morgan fingerprint density at radius 1 is 1.00 bits per heavy atom. The van der Waals surface area contributed by atoms with Crippen molar-refractivity contribution >= 4 is 23.3 Å². The zero-order chi connectivity index (χ0) is 17.8. The van der Waals surface area contributed by atoms with Gasteiger partial charge in [0.25, 0.3) is 5.91 Å². The molecule has 1 saturated heterocycles. The predicted molar refractivity (Wildman–Crippen MR) is 95.6 cm³/mol. The maximum absolute atomic E-state index is 12.3. The molecule has 2 heterocycles. The van der Waals surface area contributed by atoms with E-state index in [4.69, 9.17) is 0 Å². The van der Waals surface area contributed by atoms with Crippen molar-refractivity contribution in [2.75, 3.05) is 36.4 Å². The molecule has 1 N–H and O–H groups in total. The van der Waals surface area contributed by atoms with Gasteiger partial charge in [-0.05, 0) is 30.7 Å². The van der Waals surface area contributed by atoms with Crippen LogP contribution in [-0.4, -0.2) is 53.1 Å². The first kappa shape index (κ1) is 16.9. The first-order chi connectivity index (χ1) is 12.0. The highest BCUT2D eigenvalue weighted by atomic mass is 16.2. The number of nitrogens with zero attached hydrogens (tertiary/aromatic N) is 4. The fourth-order valence-electron chi connectivity index (χ4n) is 2.76.